The van der Waals surface area contributed by atoms with Crippen molar-refractivity contribution < 1.29 is 9.59 Å². The molecule has 0 radical (unpaired) electrons. The van der Waals surface area contributed by atoms with Gasteiger partial charge >= 0.3 is 6.03 Å². The average molecular weight is 383 g/mol. The molecule has 7 nitrogen and oxygen atoms in total. The van der Waals surface area contributed by atoms with Gasteiger partial charge in [0.2, 0.25) is 5.91 Å². The van der Waals surface area contributed by atoms with E-state index in [1.165, 1.54) is 11.3 Å². The van der Waals surface area contributed by atoms with Crippen molar-refractivity contribution in [3.05, 3.63) is 20.8 Å². The van der Waals surface area contributed by atoms with Crippen LogP contribution in [0.2, 0.25) is 0 Å². The second-order valence-electron chi connectivity index (χ2n) is 6.28. The van der Waals surface area contributed by atoms with Crippen LogP contribution < -0.4 is 16.6 Å². The van der Waals surface area contributed by atoms with Crippen LogP contribution in [0.3, 0.4) is 0 Å². The molecule has 0 unspecified atom stereocenters. The predicted molar refractivity (Wildman–Crippen MR) is 101 cm³/mol. The average Bonchev–Trinajstić information content (AvgIpc) is 2.77. The van der Waals surface area contributed by atoms with Crippen molar-refractivity contribution in [2.45, 2.75) is 51.6 Å². The zero-order valence-corrected chi connectivity index (χ0v) is 16.5. The van der Waals surface area contributed by atoms with E-state index in [1.807, 2.05) is 27.7 Å². The highest BCUT2D eigenvalue weighted by atomic mass is 32.2. The Kier molecular flexibility index (Phi) is 5.89. The smallest absolute Gasteiger partial charge is 0.318 e. The molecule has 2 aromatic heterocycles. The van der Waals surface area contributed by atoms with Gasteiger partial charge in [-0.05, 0) is 32.3 Å². The number of hydrogen-bond donors (Lipinski definition) is 2. The highest BCUT2D eigenvalue weighted by molar-refractivity contribution is 8.00. The monoisotopic (exact) mass is 382 g/mol. The molecule has 0 saturated carbocycles. The number of carbonyl (C=O) groups is 2. The van der Waals surface area contributed by atoms with Crippen LogP contribution >= 0.6 is 23.1 Å². The van der Waals surface area contributed by atoms with Crippen LogP contribution in [0.15, 0.2) is 9.95 Å². The molecule has 0 aliphatic carbocycles. The highest BCUT2D eigenvalue weighted by Gasteiger charge is 2.22. The van der Waals surface area contributed by atoms with Crippen LogP contribution in [-0.2, 0) is 11.3 Å². The van der Waals surface area contributed by atoms with Crippen LogP contribution in [0.5, 0.6) is 0 Å². The molecule has 0 aliphatic rings. The number of nitrogens with zero attached hydrogens (tertiary/aromatic N) is 2. The summed E-state index contributed by atoms with van der Waals surface area (Å²) in [6.45, 7) is 10.1. The zero-order chi connectivity index (χ0) is 18.9. The topological polar surface area (TPSA) is 107 Å². The normalized spacial score (nSPS) is 12.6. The number of rotatable bonds is 5. The molecular formula is C16H22N4O3S2. The molecule has 25 heavy (non-hydrogen) atoms. The molecule has 0 aromatic carbocycles. The van der Waals surface area contributed by atoms with Gasteiger partial charge in [0.05, 0.1) is 10.6 Å². The minimum Gasteiger partial charge on any atom is -0.351 e. The summed E-state index contributed by atoms with van der Waals surface area (Å²) in [4.78, 5) is 42.1. The Hall–Kier alpha value is -1.87. The fourth-order valence-corrected chi connectivity index (χ4v) is 4.35. The van der Waals surface area contributed by atoms with Crippen molar-refractivity contribution in [3.8, 4) is 0 Å². The number of nitrogens with two attached hydrogens (primary N) is 1. The summed E-state index contributed by atoms with van der Waals surface area (Å²) in [5.74, 6) is -0.271. The van der Waals surface area contributed by atoms with Gasteiger partial charge in [-0.25, -0.2) is 9.78 Å². The number of carbonyl (C=O) groups excluding carboxylic acids is 2. The van der Waals surface area contributed by atoms with Crippen LogP contribution in [0, 0.1) is 19.8 Å². The maximum absolute atomic E-state index is 13.0. The summed E-state index contributed by atoms with van der Waals surface area (Å²) in [6.07, 6.45) is 0. The third kappa shape index (κ3) is 4.21. The second-order valence-corrected chi connectivity index (χ2v) is 8.79. The number of primary amides is 1. The van der Waals surface area contributed by atoms with Gasteiger partial charge in [0.15, 0.2) is 5.16 Å². The van der Waals surface area contributed by atoms with E-state index in [0.717, 1.165) is 22.2 Å². The van der Waals surface area contributed by atoms with Crippen LogP contribution in [0.4, 0.5) is 4.79 Å². The van der Waals surface area contributed by atoms with Crippen molar-refractivity contribution in [2.75, 3.05) is 0 Å². The summed E-state index contributed by atoms with van der Waals surface area (Å²) < 4.78 is 1.62. The van der Waals surface area contributed by atoms with E-state index in [4.69, 9.17) is 5.73 Å². The Morgan fingerprint density at radius 2 is 1.96 bits per heavy atom. The van der Waals surface area contributed by atoms with Gasteiger partial charge in [-0.15, -0.1) is 11.3 Å². The lowest BCUT2D eigenvalue weighted by Crippen LogP contribution is -2.39. The first kappa shape index (κ1) is 19.5. The molecule has 2 aromatic rings. The maximum atomic E-state index is 13.0. The summed E-state index contributed by atoms with van der Waals surface area (Å²) in [5.41, 5.74) is 5.85. The molecule has 0 spiro atoms. The Labute approximate surface area is 154 Å². The van der Waals surface area contributed by atoms with Gasteiger partial charge in [0.1, 0.15) is 4.83 Å². The van der Waals surface area contributed by atoms with Gasteiger partial charge in [-0.1, -0.05) is 25.6 Å². The molecule has 2 heterocycles. The first-order valence-corrected chi connectivity index (χ1v) is 9.58. The molecule has 1 atom stereocenters. The number of thiophene rings is 1. The first-order chi connectivity index (χ1) is 11.6. The molecular weight excluding hydrogens is 360 g/mol. The van der Waals surface area contributed by atoms with E-state index >= 15 is 0 Å². The number of urea groups is 1. The third-order valence-electron chi connectivity index (χ3n) is 3.70. The zero-order valence-electron chi connectivity index (χ0n) is 14.9. The minimum atomic E-state index is -0.898. The molecule has 0 saturated heterocycles. The van der Waals surface area contributed by atoms with E-state index in [0.29, 0.717) is 21.9 Å². The summed E-state index contributed by atoms with van der Waals surface area (Å²) in [7, 11) is 0. The van der Waals surface area contributed by atoms with E-state index < -0.39 is 17.2 Å². The number of aromatic nitrogens is 2. The highest BCUT2D eigenvalue weighted by Crippen LogP contribution is 2.30. The van der Waals surface area contributed by atoms with Crippen molar-refractivity contribution in [2.24, 2.45) is 11.7 Å². The number of aryl methyl sites for hydroxylation is 2. The van der Waals surface area contributed by atoms with E-state index in [1.54, 1.807) is 11.5 Å². The molecule has 136 valence electrons. The van der Waals surface area contributed by atoms with Crippen molar-refractivity contribution >= 4 is 45.3 Å². The predicted octanol–water partition coefficient (Wildman–Crippen LogP) is 2.41. The Bertz CT molecular complexity index is 886. The first-order valence-electron chi connectivity index (χ1n) is 7.89. The minimum absolute atomic E-state index is 0.0921. The summed E-state index contributed by atoms with van der Waals surface area (Å²) in [6, 6.07) is -0.898. The van der Waals surface area contributed by atoms with Crippen molar-refractivity contribution in [3.63, 3.8) is 0 Å². The Morgan fingerprint density at radius 1 is 1.32 bits per heavy atom. The lowest BCUT2D eigenvalue weighted by atomic mass is 10.2. The number of amides is 3. The van der Waals surface area contributed by atoms with Crippen LogP contribution in [-0.4, -0.2) is 26.7 Å². The maximum Gasteiger partial charge on any atom is 0.318 e. The van der Waals surface area contributed by atoms with Crippen molar-refractivity contribution in [1.29, 1.82) is 0 Å². The fourth-order valence-electron chi connectivity index (χ4n) is 2.36. The van der Waals surface area contributed by atoms with Crippen LogP contribution in [0.1, 0.15) is 31.2 Å². The molecule has 0 aliphatic heterocycles. The quantitative estimate of drug-likeness (QED) is 0.610. The Balaban J connectivity index is 2.52. The molecule has 9 heteroatoms. The number of thioether (sulfide) groups is 1. The molecule has 3 amide bonds. The summed E-state index contributed by atoms with van der Waals surface area (Å²) in [5, 5.41) is 2.55. The fraction of sp³-hybridized carbons (Fsp3) is 0.500. The molecule has 3 N–H and O–H groups in total. The Morgan fingerprint density at radius 3 is 2.52 bits per heavy atom. The number of nitrogens with one attached hydrogen (secondary N) is 1. The van der Waals surface area contributed by atoms with E-state index in [2.05, 4.69) is 10.3 Å². The largest absolute Gasteiger partial charge is 0.351 e. The lowest BCUT2D eigenvalue weighted by molar-refractivity contribution is -0.119. The van der Waals surface area contributed by atoms with Crippen LogP contribution in [0.25, 0.3) is 10.2 Å². The lowest BCUT2D eigenvalue weighted by Gasteiger charge is -2.16. The van der Waals surface area contributed by atoms with Crippen molar-refractivity contribution in [1.82, 2.24) is 14.9 Å². The van der Waals surface area contributed by atoms with Gasteiger partial charge in [-0.2, -0.15) is 0 Å². The van der Waals surface area contributed by atoms with Gasteiger partial charge in [-0.3, -0.25) is 19.5 Å². The van der Waals surface area contributed by atoms with E-state index in [9.17, 15) is 14.4 Å². The number of fused-ring (bicyclic) bond motifs is 1. The molecule has 2 rings (SSSR count). The third-order valence-corrected chi connectivity index (χ3v) is 5.89. The number of hydrogen-bond acceptors (Lipinski definition) is 6. The summed E-state index contributed by atoms with van der Waals surface area (Å²) >= 11 is 2.61. The van der Waals surface area contributed by atoms with E-state index in [-0.39, 0.29) is 11.5 Å². The molecule has 0 bridgehead atoms. The van der Waals surface area contributed by atoms with Gasteiger partial charge in [0, 0.05) is 11.4 Å². The number of imide groups is 1. The SMILES string of the molecule is Cc1sc2nc(S[C@@H](C)C(=O)NC(N)=O)n(CC(C)C)c(=O)c2c1C. The second kappa shape index (κ2) is 7.57. The van der Waals surface area contributed by atoms with Gasteiger partial charge in [0.25, 0.3) is 5.56 Å². The standard InChI is InChI=1S/C16H22N4O3S2/c1-7(2)6-20-14(22)11-8(3)9(4)24-13(11)19-16(20)25-10(5)12(21)18-15(17)23/h7,10H,6H2,1-5H3,(H3,17,18,21,23)/t10-/m0/s1. The molecule has 0 fully saturated rings. The van der Waals surface area contributed by atoms with Gasteiger partial charge < -0.3 is 5.73 Å².